The molecule has 1 fully saturated rings. The number of morpholine rings is 1. The van der Waals surface area contributed by atoms with Gasteiger partial charge in [-0.3, -0.25) is 4.90 Å². The highest BCUT2D eigenvalue weighted by Gasteiger charge is 2.22. The highest BCUT2D eigenvalue weighted by Crippen LogP contribution is 2.07. The number of hydrogen-bond acceptors (Lipinski definition) is 5. The minimum Gasteiger partial charge on any atom is -0.378 e. The maximum atomic E-state index is 11.1. The summed E-state index contributed by atoms with van der Waals surface area (Å²) in [6.45, 7) is 7.34. The Kier molecular flexibility index (Phi) is 7.14. The maximum Gasteiger partial charge on any atom is 0.147 e. The largest absolute Gasteiger partial charge is 0.378 e. The maximum absolute atomic E-state index is 11.1. The van der Waals surface area contributed by atoms with Crippen molar-refractivity contribution in [2.45, 2.75) is 25.8 Å². The standard InChI is InChI=1S/C12H26N2O3S/c1-3-5-13-10-12-11-17-8-7-14(12)6-4-9-18(2,15)16/h12-13H,3-11H2,1-2H3. The number of rotatable bonds is 8. The zero-order chi connectivity index (χ0) is 13.4. The van der Waals surface area contributed by atoms with Crippen LogP contribution in [0.25, 0.3) is 0 Å². The zero-order valence-electron chi connectivity index (χ0n) is 11.5. The van der Waals surface area contributed by atoms with Gasteiger partial charge in [-0.05, 0) is 25.9 Å². The van der Waals surface area contributed by atoms with Crippen LogP contribution in [0.15, 0.2) is 0 Å². The van der Waals surface area contributed by atoms with Crippen molar-refractivity contribution in [1.82, 2.24) is 10.2 Å². The van der Waals surface area contributed by atoms with Crippen LogP contribution in [0.1, 0.15) is 19.8 Å². The van der Waals surface area contributed by atoms with E-state index in [1.807, 2.05) is 0 Å². The van der Waals surface area contributed by atoms with Crippen molar-refractivity contribution in [2.24, 2.45) is 0 Å². The molecule has 1 heterocycles. The van der Waals surface area contributed by atoms with Gasteiger partial charge in [0, 0.05) is 25.4 Å². The molecule has 1 aliphatic heterocycles. The molecular formula is C12H26N2O3S. The van der Waals surface area contributed by atoms with Gasteiger partial charge in [-0.15, -0.1) is 0 Å². The Morgan fingerprint density at radius 1 is 1.44 bits per heavy atom. The van der Waals surface area contributed by atoms with Gasteiger partial charge in [-0.25, -0.2) is 8.42 Å². The second-order valence-electron chi connectivity index (χ2n) is 4.95. The molecule has 1 aliphatic rings. The molecule has 0 amide bonds. The van der Waals surface area contributed by atoms with E-state index in [-0.39, 0.29) is 5.75 Å². The highest BCUT2D eigenvalue weighted by molar-refractivity contribution is 7.90. The first kappa shape index (κ1) is 15.9. The van der Waals surface area contributed by atoms with Crippen molar-refractivity contribution in [3.05, 3.63) is 0 Å². The van der Waals surface area contributed by atoms with Gasteiger partial charge in [-0.2, -0.15) is 0 Å². The molecule has 108 valence electrons. The SMILES string of the molecule is CCCNCC1COCCN1CCCS(C)(=O)=O. The van der Waals surface area contributed by atoms with Crippen molar-refractivity contribution in [2.75, 3.05) is 51.4 Å². The molecule has 1 rings (SSSR count). The van der Waals surface area contributed by atoms with Crippen LogP contribution >= 0.6 is 0 Å². The topological polar surface area (TPSA) is 58.6 Å². The van der Waals surface area contributed by atoms with Crippen LogP contribution in [0.5, 0.6) is 0 Å². The first-order valence-corrected chi connectivity index (χ1v) is 8.79. The molecule has 0 aromatic carbocycles. The highest BCUT2D eigenvalue weighted by atomic mass is 32.2. The predicted octanol–water partition coefficient (Wildman–Crippen LogP) is 0.122. The van der Waals surface area contributed by atoms with Crippen LogP contribution < -0.4 is 5.32 Å². The van der Waals surface area contributed by atoms with Crippen LogP contribution in [0.3, 0.4) is 0 Å². The average molecular weight is 278 g/mol. The summed E-state index contributed by atoms with van der Waals surface area (Å²) in [4.78, 5) is 2.34. The van der Waals surface area contributed by atoms with Crippen LogP contribution in [0, 0.1) is 0 Å². The second-order valence-corrected chi connectivity index (χ2v) is 7.21. The normalized spacial score (nSPS) is 22.2. The van der Waals surface area contributed by atoms with E-state index in [1.54, 1.807) is 0 Å². The van der Waals surface area contributed by atoms with E-state index >= 15 is 0 Å². The summed E-state index contributed by atoms with van der Waals surface area (Å²) in [7, 11) is -2.84. The fourth-order valence-electron chi connectivity index (χ4n) is 2.15. The van der Waals surface area contributed by atoms with Gasteiger partial charge in [0.1, 0.15) is 9.84 Å². The lowest BCUT2D eigenvalue weighted by Gasteiger charge is -2.35. The fourth-order valence-corrected chi connectivity index (χ4v) is 2.80. The monoisotopic (exact) mass is 278 g/mol. The first-order valence-electron chi connectivity index (χ1n) is 6.73. The Bertz CT molecular complexity index is 319. The predicted molar refractivity (Wildman–Crippen MR) is 73.7 cm³/mol. The Morgan fingerprint density at radius 2 is 2.22 bits per heavy atom. The summed E-state index contributed by atoms with van der Waals surface area (Å²) in [6, 6.07) is 0.380. The number of nitrogens with zero attached hydrogens (tertiary/aromatic N) is 1. The molecule has 0 bridgehead atoms. The molecule has 0 radical (unpaired) electrons. The summed E-state index contributed by atoms with van der Waals surface area (Å²) in [6.07, 6.45) is 3.14. The van der Waals surface area contributed by atoms with E-state index < -0.39 is 9.84 Å². The molecule has 0 spiro atoms. The Hall–Kier alpha value is -0.170. The molecule has 6 heteroatoms. The molecule has 0 saturated carbocycles. The third-order valence-electron chi connectivity index (χ3n) is 3.12. The number of sulfone groups is 1. The molecule has 5 nitrogen and oxygen atoms in total. The van der Waals surface area contributed by atoms with Crippen molar-refractivity contribution in [3.8, 4) is 0 Å². The molecule has 0 aliphatic carbocycles. The van der Waals surface area contributed by atoms with E-state index in [1.165, 1.54) is 6.26 Å². The van der Waals surface area contributed by atoms with Gasteiger partial charge in [0.2, 0.25) is 0 Å². The lowest BCUT2D eigenvalue weighted by molar-refractivity contribution is -0.00645. The smallest absolute Gasteiger partial charge is 0.147 e. The first-order chi connectivity index (χ1) is 8.53. The summed E-state index contributed by atoms with van der Waals surface area (Å²) in [5.41, 5.74) is 0. The van der Waals surface area contributed by atoms with Gasteiger partial charge < -0.3 is 10.1 Å². The summed E-state index contributed by atoms with van der Waals surface area (Å²) >= 11 is 0. The quantitative estimate of drug-likeness (QED) is 0.639. The zero-order valence-corrected chi connectivity index (χ0v) is 12.3. The molecule has 1 atom stereocenters. The molecular weight excluding hydrogens is 252 g/mol. The summed E-state index contributed by atoms with van der Waals surface area (Å²) < 4.78 is 27.7. The van der Waals surface area contributed by atoms with Gasteiger partial charge in [0.15, 0.2) is 0 Å². The van der Waals surface area contributed by atoms with Crippen molar-refractivity contribution < 1.29 is 13.2 Å². The number of ether oxygens (including phenoxy) is 1. The van der Waals surface area contributed by atoms with Crippen LogP contribution in [-0.4, -0.2) is 70.8 Å². The van der Waals surface area contributed by atoms with E-state index in [0.717, 1.165) is 45.8 Å². The van der Waals surface area contributed by atoms with E-state index in [4.69, 9.17) is 4.74 Å². The molecule has 1 saturated heterocycles. The lowest BCUT2D eigenvalue weighted by Crippen LogP contribution is -2.50. The van der Waals surface area contributed by atoms with Gasteiger partial charge >= 0.3 is 0 Å². The van der Waals surface area contributed by atoms with Crippen LogP contribution in [-0.2, 0) is 14.6 Å². The van der Waals surface area contributed by atoms with E-state index in [0.29, 0.717) is 12.5 Å². The minimum absolute atomic E-state index is 0.277. The van der Waals surface area contributed by atoms with E-state index in [2.05, 4.69) is 17.1 Å². The summed E-state index contributed by atoms with van der Waals surface area (Å²) in [5.74, 6) is 0.277. The van der Waals surface area contributed by atoms with Crippen molar-refractivity contribution >= 4 is 9.84 Å². The van der Waals surface area contributed by atoms with Gasteiger partial charge in [0.25, 0.3) is 0 Å². The van der Waals surface area contributed by atoms with E-state index in [9.17, 15) is 8.42 Å². The minimum atomic E-state index is -2.84. The third-order valence-corrected chi connectivity index (χ3v) is 4.15. The molecule has 18 heavy (non-hydrogen) atoms. The molecule has 1 unspecified atom stereocenters. The third kappa shape index (κ3) is 6.68. The summed E-state index contributed by atoms with van der Waals surface area (Å²) in [5, 5.41) is 3.40. The average Bonchev–Trinajstić information content (AvgIpc) is 2.30. The number of hydrogen-bond donors (Lipinski definition) is 1. The lowest BCUT2D eigenvalue weighted by atomic mass is 10.2. The fraction of sp³-hybridized carbons (Fsp3) is 1.00. The van der Waals surface area contributed by atoms with Gasteiger partial charge in [0.05, 0.1) is 19.0 Å². The molecule has 1 N–H and O–H groups in total. The van der Waals surface area contributed by atoms with Crippen molar-refractivity contribution in [3.63, 3.8) is 0 Å². The Balaban J connectivity index is 2.30. The van der Waals surface area contributed by atoms with Crippen LogP contribution in [0.2, 0.25) is 0 Å². The molecule has 0 aromatic rings. The Labute approximate surface area is 111 Å². The molecule has 0 aromatic heterocycles. The number of nitrogens with one attached hydrogen (secondary N) is 1. The second kappa shape index (κ2) is 8.09. The van der Waals surface area contributed by atoms with Crippen molar-refractivity contribution in [1.29, 1.82) is 0 Å². The van der Waals surface area contributed by atoms with Gasteiger partial charge in [-0.1, -0.05) is 6.92 Å². The Morgan fingerprint density at radius 3 is 2.89 bits per heavy atom. The van der Waals surface area contributed by atoms with Crippen LogP contribution in [0.4, 0.5) is 0 Å².